The van der Waals surface area contributed by atoms with Crippen LogP contribution in [0.1, 0.15) is 36.9 Å². The highest BCUT2D eigenvalue weighted by atomic mass is 16.5. The van der Waals surface area contributed by atoms with E-state index in [0.717, 1.165) is 39.2 Å². The molecule has 2 aliphatic heterocycles. The van der Waals surface area contributed by atoms with Crippen molar-refractivity contribution in [1.82, 2.24) is 10.2 Å². The number of nitrogens with zero attached hydrogens (tertiary/aromatic N) is 1. The summed E-state index contributed by atoms with van der Waals surface area (Å²) < 4.78 is 5.81. The van der Waals surface area contributed by atoms with E-state index < -0.39 is 0 Å². The van der Waals surface area contributed by atoms with Crippen molar-refractivity contribution >= 4 is 0 Å². The minimum Gasteiger partial charge on any atom is -0.376 e. The maximum Gasteiger partial charge on any atom is 0.0700 e. The minimum absolute atomic E-state index is 0.414. The van der Waals surface area contributed by atoms with E-state index >= 15 is 0 Å². The minimum atomic E-state index is 0.414. The van der Waals surface area contributed by atoms with Gasteiger partial charge in [-0.05, 0) is 30.5 Å². The first-order valence-corrected chi connectivity index (χ1v) is 7.52. The standard InChI is InChI=1S/C16H24N2O/c1-2-14-12-18(9-10-19-14)16-7-8-17-11-13-5-3-4-6-15(13)16/h3-6,14,16-17H,2,7-12H2,1H3. The average molecular weight is 260 g/mol. The zero-order chi connectivity index (χ0) is 13.1. The number of hydrogen-bond donors (Lipinski definition) is 1. The Morgan fingerprint density at radius 3 is 3.16 bits per heavy atom. The Morgan fingerprint density at radius 1 is 1.37 bits per heavy atom. The molecular formula is C16H24N2O. The van der Waals surface area contributed by atoms with Crippen LogP contribution >= 0.6 is 0 Å². The van der Waals surface area contributed by atoms with Crippen molar-refractivity contribution in [3.05, 3.63) is 35.4 Å². The van der Waals surface area contributed by atoms with Crippen molar-refractivity contribution in [2.24, 2.45) is 0 Å². The summed E-state index contributed by atoms with van der Waals surface area (Å²) in [6.07, 6.45) is 2.73. The van der Waals surface area contributed by atoms with E-state index in [9.17, 15) is 0 Å². The van der Waals surface area contributed by atoms with Gasteiger partial charge in [0.15, 0.2) is 0 Å². The molecule has 0 aliphatic carbocycles. The Hall–Kier alpha value is -0.900. The third-order valence-corrected chi connectivity index (χ3v) is 4.39. The second-order valence-electron chi connectivity index (χ2n) is 5.58. The molecule has 0 radical (unpaired) electrons. The lowest BCUT2D eigenvalue weighted by Crippen LogP contribution is -2.44. The maximum absolute atomic E-state index is 5.81. The van der Waals surface area contributed by atoms with Crippen LogP contribution in [-0.4, -0.2) is 37.2 Å². The SMILES string of the molecule is CCC1CN(C2CCNCc3ccccc32)CCO1. The van der Waals surface area contributed by atoms with Crippen LogP contribution in [0.5, 0.6) is 0 Å². The molecule has 1 aromatic carbocycles. The smallest absolute Gasteiger partial charge is 0.0700 e. The number of morpholine rings is 1. The van der Waals surface area contributed by atoms with Crippen LogP contribution in [0.3, 0.4) is 0 Å². The van der Waals surface area contributed by atoms with Gasteiger partial charge in [0.25, 0.3) is 0 Å². The molecule has 2 unspecified atom stereocenters. The van der Waals surface area contributed by atoms with Gasteiger partial charge in [-0.15, -0.1) is 0 Å². The highest BCUT2D eigenvalue weighted by molar-refractivity contribution is 5.31. The largest absolute Gasteiger partial charge is 0.376 e. The quantitative estimate of drug-likeness (QED) is 0.883. The van der Waals surface area contributed by atoms with Gasteiger partial charge in [0, 0.05) is 25.7 Å². The van der Waals surface area contributed by atoms with E-state index in [1.807, 2.05) is 0 Å². The molecule has 19 heavy (non-hydrogen) atoms. The summed E-state index contributed by atoms with van der Waals surface area (Å²) in [5.41, 5.74) is 2.98. The van der Waals surface area contributed by atoms with Crippen LogP contribution in [0.2, 0.25) is 0 Å². The van der Waals surface area contributed by atoms with Crippen molar-refractivity contribution in [2.45, 2.75) is 38.5 Å². The monoisotopic (exact) mass is 260 g/mol. The summed E-state index contributed by atoms with van der Waals surface area (Å²) in [4.78, 5) is 2.63. The highest BCUT2D eigenvalue weighted by Gasteiger charge is 2.28. The zero-order valence-corrected chi connectivity index (χ0v) is 11.8. The van der Waals surface area contributed by atoms with Crippen molar-refractivity contribution in [1.29, 1.82) is 0 Å². The van der Waals surface area contributed by atoms with Crippen molar-refractivity contribution in [3.8, 4) is 0 Å². The van der Waals surface area contributed by atoms with Gasteiger partial charge in [-0.25, -0.2) is 0 Å². The molecule has 1 saturated heterocycles. The van der Waals surface area contributed by atoms with Crippen LogP contribution < -0.4 is 5.32 Å². The molecule has 0 bridgehead atoms. The molecule has 2 aliphatic rings. The molecule has 0 spiro atoms. The fourth-order valence-electron chi connectivity index (χ4n) is 3.29. The van der Waals surface area contributed by atoms with E-state index in [0.29, 0.717) is 12.1 Å². The lowest BCUT2D eigenvalue weighted by molar-refractivity contribution is -0.0458. The first-order valence-electron chi connectivity index (χ1n) is 7.52. The van der Waals surface area contributed by atoms with Crippen LogP contribution in [0, 0.1) is 0 Å². The van der Waals surface area contributed by atoms with Gasteiger partial charge >= 0.3 is 0 Å². The predicted molar refractivity (Wildman–Crippen MR) is 77.1 cm³/mol. The Labute approximate surface area is 115 Å². The van der Waals surface area contributed by atoms with Gasteiger partial charge < -0.3 is 10.1 Å². The molecule has 1 fully saturated rings. The first-order chi connectivity index (χ1) is 9.38. The van der Waals surface area contributed by atoms with Crippen LogP contribution in [0.25, 0.3) is 0 Å². The number of benzene rings is 1. The first kappa shape index (κ1) is 13.1. The molecule has 0 aromatic heterocycles. The van der Waals surface area contributed by atoms with Crippen molar-refractivity contribution in [3.63, 3.8) is 0 Å². The summed E-state index contributed by atoms with van der Waals surface area (Å²) in [6, 6.07) is 9.46. The number of nitrogens with one attached hydrogen (secondary N) is 1. The molecule has 2 atom stereocenters. The molecule has 3 rings (SSSR count). The van der Waals surface area contributed by atoms with Gasteiger partial charge in [0.05, 0.1) is 12.7 Å². The van der Waals surface area contributed by atoms with Crippen LogP contribution in [-0.2, 0) is 11.3 Å². The summed E-state index contributed by atoms with van der Waals surface area (Å²) in [7, 11) is 0. The Morgan fingerprint density at radius 2 is 2.26 bits per heavy atom. The van der Waals surface area contributed by atoms with Gasteiger partial charge in [0.1, 0.15) is 0 Å². The average Bonchev–Trinajstić information content (AvgIpc) is 2.69. The molecule has 0 saturated carbocycles. The van der Waals surface area contributed by atoms with Gasteiger partial charge in [0.2, 0.25) is 0 Å². The number of hydrogen-bond acceptors (Lipinski definition) is 3. The fourth-order valence-corrected chi connectivity index (χ4v) is 3.29. The topological polar surface area (TPSA) is 24.5 Å². The number of rotatable bonds is 2. The normalized spacial score (nSPS) is 28.7. The molecular weight excluding hydrogens is 236 g/mol. The van der Waals surface area contributed by atoms with Gasteiger partial charge in [-0.1, -0.05) is 31.2 Å². The Kier molecular flexibility index (Phi) is 4.16. The number of ether oxygens (including phenoxy) is 1. The van der Waals surface area contributed by atoms with Gasteiger partial charge in [-0.2, -0.15) is 0 Å². The van der Waals surface area contributed by atoms with E-state index in [-0.39, 0.29) is 0 Å². The molecule has 3 heteroatoms. The van der Waals surface area contributed by atoms with E-state index in [1.165, 1.54) is 17.5 Å². The molecule has 2 heterocycles. The summed E-state index contributed by atoms with van der Waals surface area (Å²) >= 11 is 0. The molecule has 0 amide bonds. The lowest BCUT2D eigenvalue weighted by atomic mass is 9.97. The molecule has 1 aromatic rings. The Balaban J connectivity index is 1.83. The zero-order valence-electron chi connectivity index (χ0n) is 11.8. The molecule has 1 N–H and O–H groups in total. The summed E-state index contributed by atoms with van der Waals surface area (Å²) in [5, 5.41) is 3.54. The van der Waals surface area contributed by atoms with Crippen molar-refractivity contribution < 1.29 is 4.74 Å². The van der Waals surface area contributed by atoms with E-state index in [1.54, 1.807) is 0 Å². The van der Waals surface area contributed by atoms with Gasteiger partial charge in [-0.3, -0.25) is 4.90 Å². The van der Waals surface area contributed by atoms with E-state index in [4.69, 9.17) is 4.74 Å². The number of fused-ring (bicyclic) bond motifs is 1. The van der Waals surface area contributed by atoms with E-state index in [2.05, 4.69) is 41.4 Å². The van der Waals surface area contributed by atoms with Crippen molar-refractivity contribution in [2.75, 3.05) is 26.2 Å². The highest BCUT2D eigenvalue weighted by Crippen LogP contribution is 2.30. The summed E-state index contributed by atoms with van der Waals surface area (Å²) in [6.45, 7) is 7.36. The molecule has 3 nitrogen and oxygen atoms in total. The third kappa shape index (κ3) is 2.83. The predicted octanol–water partition coefficient (Wildman–Crippen LogP) is 2.33. The maximum atomic E-state index is 5.81. The van der Waals surface area contributed by atoms with Crippen LogP contribution in [0.15, 0.2) is 24.3 Å². The Bertz CT molecular complexity index is 421. The third-order valence-electron chi connectivity index (χ3n) is 4.39. The second-order valence-corrected chi connectivity index (χ2v) is 5.58. The lowest BCUT2D eigenvalue weighted by Gasteiger charge is -2.38. The fraction of sp³-hybridized carbons (Fsp3) is 0.625. The van der Waals surface area contributed by atoms with Crippen LogP contribution in [0.4, 0.5) is 0 Å². The summed E-state index contributed by atoms with van der Waals surface area (Å²) in [5.74, 6) is 0. The second kappa shape index (κ2) is 6.04. The molecule has 104 valence electrons.